The summed E-state index contributed by atoms with van der Waals surface area (Å²) in [6.45, 7) is 4.29. The molecule has 0 fully saturated rings. The molecule has 2 aromatic carbocycles. The van der Waals surface area contributed by atoms with Gasteiger partial charge in [0.2, 0.25) is 0 Å². The van der Waals surface area contributed by atoms with Crippen LogP contribution in [-0.4, -0.2) is 4.57 Å². The molecule has 3 aromatic rings. The van der Waals surface area contributed by atoms with E-state index in [0.29, 0.717) is 0 Å². The van der Waals surface area contributed by atoms with Crippen molar-refractivity contribution in [2.45, 2.75) is 52.4 Å². The number of rotatable bonds is 3. The van der Waals surface area contributed by atoms with Crippen molar-refractivity contribution in [2.24, 2.45) is 0 Å². The molecule has 2 heteroatoms. The highest BCUT2D eigenvalue weighted by atomic mass is 16.1. The molecule has 0 atom stereocenters. The van der Waals surface area contributed by atoms with E-state index in [2.05, 4.69) is 56.3 Å². The largest absolute Gasteiger partial charge is 0.280 e. The summed E-state index contributed by atoms with van der Waals surface area (Å²) in [5.74, 6) is 0. The highest BCUT2D eigenvalue weighted by Gasteiger charge is 2.23. The smallest absolute Gasteiger partial charge is 0.258 e. The standard InChI is InChI=1S/C23H25NO/c1-3-17-19-13-7-8-14-20(19)21(4-2)24(23(17)25)22-15-9-11-16-10-5-6-12-18(16)22/h5-6,9-12,15H,3-4,7-8,13-14H2,1-2H3. The zero-order valence-corrected chi connectivity index (χ0v) is 15.1. The summed E-state index contributed by atoms with van der Waals surface area (Å²) in [5.41, 5.74) is 6.26. The zero-order valence-electron chi connectivity index (χ0n) is 15.1. The predicted molar refractivity (Wildman–Crippen MR) is 105 cm³/mol. The van der Waals surface area contributed by atoms with E-state index in [0.717, 1.165) is 42.3 Å². The van der Waals surface area contributed by atoms with E-state index < -0.39 is 0 Å². The fourth-order valence-corrected chi connectivity index (χ4v) is 4.47. The maximum absolute atomic E-state index is 13.5. The molecule has 0 aliphatic heterocycles. The third-order valence-corrected chi connectivity index (χ3v) is 5.61. The average molecular weight is 331 g/mol. The molecule has 0 saturated carbocycles. The van der Waals surface area contributed by atoms with Crippen molar-refractivity contribution in [2.75, 3.05) is 0 Å². The first kappa shape index (κ1) is 16.1. The summed E-state index contributed by atoms with van der Waals surface area (Å²) in [6.07, 6.45) is 6.33. The normalized spacial score (nSPS) is 13.8. The van der Waals surface area contributed by atoms with E-state index in [-0.39, 0.29) is 5.56 Å². The minimum atomic E-state index is 0.191. The SMILES string of the molecule is CCc1c2c(c(CC)n(-c3cccc4ccccc34)c1=O)CCCC2. The van der Waals surface area contributed by atoms with Crippen LogP contribution in [0.3, 0.4) is 0 Å². The molecule has 0 radical (unpaired) electrons. The summed E-state index contributed by atoms with van der Waals surface area (Å²) < 4.78 is 2.02. The molecule has 2 nitrogen and oxygen atoms in total. The van der Waals surface area contributed by atoms with Crippen molar-refractivity contribution in [3.63, 3.8) is 0 Å². The Balaban J connectivity index is 2.12. The van der Waals surface area contributed by atoms with Gasteiger partial charge in [-0.1, -0.05) is 50.2 Å². The van der Waals surface area contributed by atoms with Gasteiger partial charge in [-0.2, -0.15) is 0 Å². The average Bonchev–Trinajstić information content (AvgIpc) is 2.67. The number of hydrogen-bond acceptors (Lipinski definition) is 1. The van der Waals surface area contributed by atoms with E-state index in [1.165, 1.54) is 35.0 Å². The van der Waals surface area contributed by atoms with Gasteiger partial charge in [0, 0.05) is 16.6 Å². The van der Waals surface area contributed by atoms with Gasteiger partial charge in [0.05, 0.1) is 5.69 Å². The van der Waals surface area contributed by atoms with Crippen molar-refractivity contribution >= 4 is 10.8 Å². The maximum Gasteiger partial charge on any atom is 0.258 e. The van der Waals surface area contributed by atoms with E-state index in [1.54, 1.807) is 0 Å². The lowest BCUT2D eigenvalue weighted by atomic mass is 9.86. The summed E-state index contributed by atoms with van der Waals surface area (Å²) >= 11 is 0. The second-order valence-electron chi connectivity index (χ2n) is 6.94. The van der Waals surface area contributed by atoms with Gasteiger partial charge < -0.3 is 0 Å². The van der Waals surface area contributed by atoms with Gasteiger partial charge in [-0.15, -0.1) is 0 Å². The fourth-order valence-electron chi connectivity index (χ4n) is 4.47. The van der Waals surface area contributed by atoms with Gasteiger partial charge in [-0.3, -0.25) is 9.36 Å². The van der Waals surface area contributed by atoms with Gasteiger partial charge in [0.15, 0.2) is 0 Å². The molecule has 0 spiro atoms. The summed E-state index contributed by atoms with van der Waals surface area (Å²) in [6, 6.07) is 14.6. The highest BCUT2D eigenvalue weighted by Crippen LogP contribution is 2.30. The second kappa shape index (κ2) is 6.51. The van der Waals surface area contributed by atoms with Crippen LogP contribution in [0, 0.1) is 0 Å². The quantitative estimate of drug-likeness (QED) is 0.662. The van der Waals surface area contributed by atoms with Gasteiger partial charge >= 0.3 is 0 Å². The molecule has 0 unspecified atom stereocenters. The van der Waals surface area contributed by atoms with Gasteiger partial charge in [0.25, 0.3) is 5.56 Å². The first-order chi connectivity index (χ1) is 12.3. The van der Waals surface area contributed by atoms with Crippen molar-refractivity contribution in [1.29, 1.82) is 0 Å². The molecule has 0 N–H and O–H groups in total. The van der Waals surface area contributed by atoms with Gasteiger partial charge in [0.1, 0.15) is 0 Å². The predicted octanol–water partition coefficient (Wildman–Crippen LogP) is 4.99. The summed E-state index contributed by atoms with van der Waals surface area (Å²) in [7, 11) is 0. The van der Waals surface area contributed by atoms with Crippen LogP contribution in [0.25, 0.3) is 16.5 Å². The van der Waals surface area contributed by atoms with Crippen LogP contribution in [0.2, 0.25) is 0 Å². The van der Waals surface area contributed by atoms with Crippen LogP contribution in [0.5, 0.6) is 0 Å². The Bertz CT molecular complexity index is 992. The highest BCUT2D eigenvalue weighted by molar-refractivity contribution is 5.90. The van der Waals surface area contributed by atoms with Crippen LogP contribution in [-0.2, 0) is 25.7 Å². The Morgan fingerprint density at radius 2 is 1.60 bits per heavy atom. The molecular formula is C23H25NO. The molecule has 25 heavy (non-hydrogen) atoms. The topological polar surface area (TPSA) is 22.0 Å². The number of benzene rings is 2. The lowest BCUT2D eigenvalue weighted by molar-refractivity contribution is 0.651. The Morgan fingerprint density at radius 3 is 2.36 bits per heavy atom. The number of nitrogens with zero attached hydrogens (tertiary/aromatic N) is 1. The molecule has 1 aliphatic rings. The van der Waals surface area contributed by atoms with Gasteiger partial charge in [-0.05, 0) is 61.1 Å². The van der Waals surface area contributed by atoms with Crippen molar-refractivity contribution < 1.29 is 0 Å². The Labute approximate surface area is 149 Å². The van der Waals surface area contributed by atoms with Crippen LogP contribution in [0.1, 0.15) is 49.1 Å². The Kier molecular flexibility index (Phi) is 4.20. The fraction of sp³-hybridized carbons (Fsp3) is 0.348. The molecule has 1 aromatic heterocycles. The van der Waals surface area contributed by atoms with Gasteiger partial charge in [-0.25, -0.2) is 0 Å². The molecule has 4 rings (SSSR count). The monoisotopic (exact) mass is 331 g/mol. The van der Waals surface area contributed by atoms with Crippen LogP contribution >= 0.6 is 0 Å². The molecule has 128 valence electrons. The minimum absolute atomic E-state index is 0.191. The minimum Gasteiger partial charge on any atom is -0.280 e. The molecule has 1 heterocycles. The molecule has 0 bridgehead atoms. The van der Waals surface area contributed by atoms with Crippen molar-refractivity contribution in [3.8, 4) is 5.69 Å². The first-order valence-electron chi connectivity index (χ1n) is 9.52. The Morgan fingerprint density at radius 1 is 0.880 bits per heavy atom. The third-order valence-electron chi connectivity index (χ3n) is 5.61. The van der Waals surface area contributed by atoms with E-state index in [1.807, 2.05) is 4.57 Å². The van der Waals surface area contributed by atoms with Crippen molar-refractivity contribution in [1.82, 2.24) is 4.57 Å². The lowest BCUT2D eigenvalue weighted by Crippen LogP contribution is -2.30. The first-order valence-corrected chi connectivity index (χ1v) is 9.52. The van der Waals surface area contributed by atoms with E-state index in [9.17, 15) is 4.79 Å². The van der Waals surface area contributed by atoms with Crippen LogP contribution in [0.15, 0.2) is 47.3 Å². The molecule has 0 amide bonds. The van der Waals surface area contributed by atoms with Crippen molar-refractivity contribution in [3.05, 3.63) is 75.2 Å². The Hall–Kier alpha value is -2.35. The zero-order chi connectivity index (χ0) is 17.4. The second-order valence-corrected chi connectivity index (χ2v) is 6.94. The number of pyridine rings is 1. The molecular weight excluding hydrogens is 306 g/mol. The van der Waals surface area contributed by atoms with Crippen LogP contribution in [0.4, 0.5) is 0 Å². The lowest BCUT2D eigenvalue weighted by Gasteiger charge is -2.26. The molecule has 0 saturated heterocycles. The summed E-state index contributed by atoms with van der Waals surface area (Å²) in [4.78, 5) is 13.5. The molecule has 1 aliphatic carbocycles. The number of aromatic nitrogens is 1. The number of fused-ring (bicyclic) bond motifs is 2. The summed E-state index contributed by atoms with van der Waals surface area (Å²) in [5, 5.41) is 2.34. The third kappa shape index (κ3) is 2.52. The van der Waals surface area contributed by atoms with E-state index >= 15 is 0 Å². The maximum atomic E-state index is 13.5. The van der Waals surface area contributed by atoms with E-state index in [4.69, 9.17) is 0 Å². The number of hydrogen-bond donors (Lipinski definition) is 0. The van der Waals surface area contributed by atoms with Crippen LogP contribution < -0.4 is 5.56 Å².